The normalized spacial score (nSPS) is 16.8. The first kappa shape index (κ1) is 15.6. The van der Waals surface area contributed by atoms with Gasteiger partial charge in [-0.1, -0.05) is 23.7 Å². The summed E-state index contributed by atoms with van der Waals surface area (Å²) in [6.07, 6.45) is 6.17. The number of likely N-dealkylation sites (tertiary alicyclic amines) is 1. The van der Waals surface area contributed by atoms with Crippen molar-refractivity contribution in [3.8, 4) is 0 Å². The molecule has 3 heterocycles. The number of aryl methyl sites for hydroxylation is 1. The van der Waals surface area contributed by atoms with Crippen LogP contribution < -0.4 is 0 Å². The van der Waals surface area contributed by atoms with Gasteiger partial charge in [0.1, 0.15) is 5.15 Å². The standard InChI is InChI=1S/C19H21ClN4/c1-14-3-4-15-12-16(19(20)22-18(15)11-14)13-23-9-5-17(6-10-23)24-8-2-7-21-24/h2-4,7-8,11-12,17H,5-6,9-10,13H2,1H3. The molecule has 2 aromatic heterocycles. The SMILES string of the molecule is Cc1ccc2cc(CN3CCC(n4cccn4)CC3)c(Cl)nc2c1. The topological polar surface area (TPSA) is 34.0 Å². The summed E-state index contributed by atoms with van der Waals surface area (Å²) >= 11 is 6.43. The summed E-state index contributed by atoms with van der Waals surface area (Å²) in [4.78, 5) is 7.04. The molecule has 1 fully saturated rings. The lowest BCUT2D eigenvalue weighted by Crippen LogP contribution is -2.34. The molecule has 24 heavy (non-hydrogen) atoms. The molecule has 0 atom stereocenters. The predicted molar refractivity (Wildman–Crippen MR) is 97.3 cm³/mol. The number of pyridine rings is 1. The van der Waals surface area contributed by atoms with Crippen LogP contribution in [0.5, 0.6) is 0 Å². The molecule has 1 aliphatic heterocycles. The Kier molecular flexibility index (Phi) is 4.25. The minimum Gasteiger partial charge on any atom is -0.299 e. The van der Waals surface area contributed by atoms with E-state index in [-0.39, 0.29) is 0 Å². The van der Waals surface area contributed by atoms with Gasteiger partial charge in [0.15, 0.2) is 0 Å². The van der Waals surface area contributed by atoms with Gasteiger partial charge in [0, 0.05) is 43.0 Å². The van der Waals surface area contributed by atoms with Crippen LogP contribution in [0, 0.1) is 6.92 Å². The summed E-state index contributed by atoms with van der Waals surface area (Å²) in [6.45, 7) is 5.06. The fourth-order valence-electron chi connectivity index (χ4n) is 3.49. The minimum absolute atomic E-state index is 0.518. The molecule has 1 aromatic carbocycles. The Hall–Kier alpha value is -1.91. The van der Waals surface area contributed by atoms with Crippen LogP contribution in [-0.2, 0) is 6.54 Å². The molecule has 5 heteroatoms. The highest BCUT2D eigenvalue weighted by atomic mass is 35.5. The highest BCUT2D eigenvalue weighted by Gasteiger charge is 2.21. The van der Waals surface area contributed by atoms with Crippen LogP contribution in [0.25, 0.3) is 10.9 Å². The molecule has 124 valence electrons. The van der Waals surface area contributed by atoms with Crippen molar-refractivity contribution in [2.45, 2.75) is 32.4 Å². The zero-order valence-corrected chi connectivity index (χ0v) is 14.6. The molecule has 0 aliphatic carbocycles. The second kappa shape index (κ2) is 6.54. The van der Waals surface area contributed by atoms with Crippen LogP contribution in [0.4, 0.5) is 0 Å². The van der Waals surface area contributed by atoms with Gasteiger partial charge in [0.25, 0.3) is 0 Å². The maximum atomic E-state index is 6.43. The first-order valence-corrected chi connectivity index (χ1v) is 8.84. The molecule has 0 radical (unpaired) electrons. The average molecular weight is 341 g/mol. The quantitative estimate of drug-likeness (QED) is 0.669. The van der Waals surface area contributed by atoms with Crippen LogP contribution in [0.15, 0.2) is 42.7 Å². The number of nitrogens with zero attached hydrogens (tertiary/aromatic N) is 4. The number of halogens is 1. The highest BCUT2D eigenvalue weighted by molar-refractivity contribution is 6.30. The van der Waals surface area contributed by atoms with Gasteiger partial charge in [-0.25, -0.2) is 4.98 Å². The lowest BCUT2D eigenvalue weighted by molar-refractivity contribution is 0.173. The van der Waals surface area contributed by atoms with Crippen molar-refractivity contribution in [1.29, 1.82) is 0 Å². The summed E-state index contributed by atoms with van der Waals surface area (Å²) in [5, 5.41) is 6.16. The third-order valence-electron chi connectivity index (χ3n) is 4.85. The Balaban J connectivity index is 1.47. The van der Waals surface area contributed by atoms with E-state index in [4.69, 9.17) is 11.6 Å². The smallest absolute Gasteiger partial charge is 0.134 e. The fourth-order valence-corrected chi connectivity index (χ4v) is 3.69. The third-order valence-corrected chi connectivity index (χ3v) is 5.18. The van der Waals surface area contributed by atoms with Gasteiger partial charge in [0.2, 0.25) is 0 Å². The molecule has 0 N–H and O–H groups in total. The lowest BCUT2D eigenvalue weighted by Gasteiger charge is -2.32. The Labute approximate surface area is 147 Å². The van der Waals surface area contributed by atoms with Crippen molar-refractivity contribution in [2.24, 2.45) is 0 Å². The average Bonchev–Trinajstić information content (AvgIpc) is 3.11. The van der Waals surface area contributed by atoms with Crippen LogP contribution >= 0.6 is 11.6 Å². The number of hydrogen-bond donors (Lipinski definition) is 0. The van der Waals surface area contributed by atoms with Gasteiger partial charge in [-0.05, 0) is 43.5 Å². The molecule has 4 rings (SSSR count). The summed E-state index contributed by atoms with van der Waals surface area (Å²) < 4.78 is 2.09. The van der Waals surface area contributed by atoms with E-state index in [0.29, 0.717) is 11.2 Å². The van der Waals surface area contributed by atoms with E-state index < -0.39 is 0 Å². The lowest BCUT2D eigenvalue weighted by atomic mass is 10.0. The summed E-state index contributed by atoms with van der Waals surface area (Å²) in [5.41, 5.74) is 3.30. The molecule has 0 amide bonds. The zero-order chi connectivity index (χ0) is 16.5. The van der Waals surface area contributed by atoms with E-state index in [0.717, 1.165) is 48.9 Å². The Morgan fingerprint density at radius 3 is 2.79 bits per heavy atom. The maximum Gasteiger partial charge on any atom is 0.134 e. The van der Waals surface area contributed by atoms with Crippen LogP contribution in [0.2, 0.25) is 5.15 Å². The van der Waals surface area contributed by atoms with Gasteiger partial charge < -0.3 is 0 Å². The number of piperidine rings is 1. The number of hydrogen-bond acceptors (Lipinski definition) is 3. The van der Waals surface area contributed by atoms with E-state index >= 15 is 0 Å². The van der Waals surface area contributed by atoms with Crippen molar-refractivity contribution in [3.63, 3.8) is 0 Å². The van der Waals surface area contributed by atoms with Crippen LogP contribution in [0.1, 0.15) is 30.0 Å². The van der Waals surface area contributed by atoms with Gasteiger partial charge in [0.05, 0.1) is 11.6 Å². The Bertz CT molecular complexity index is 836. The van der Waals surface area contributed by atoms with Crippen molar-refractivity contribution in [3.05, 3.63) is 59.0 Å². The minimum atomic E-state index is 0.518. The number of fused-ring (bicyclic) bond motifs is 1. The Morgan fingerprint density at radius 2 is 2.04 bits per heavy atom. The Morgan fingerprint density at radius 1 is 1.21 bits per heavy atom. The maximum absolute atomic E-state index is 6.43. The van der Waals surface area contributed by atoms with Crippen LogP contribution in [-0.4, -0.2) is 32.8 Å². The van der Waals surface area contributed by atoms with E-state index in [2.05, 4.69) is 57.1 Å². The molecule has 1 saturated heterocycles. The van der Waals surface area contributed by atoms with Crippen molar-refractivity contribution in [1.82, 2.24) is 19.7 Å². The molecule has 1 aliphatic rings. The zero-order valence-electron chi connectivity index (χ0n) is 13.8. The monoisotopic (exact) mass is 340 g/mol. The first-order chi connectivity index (χ1) is 11.7. The summed E-state index contributed by atoms with van der Waals surface area (Å²) in [5.74, 6) is 0. The van der Waals surface area contributed by atoms with Crippen molar-refractivity contribution >= 4 is 22.5 Å². The molecule has 4 nitrogen and oxygen atoms in total. The van der Waals surface area contributed by atoms with Crippen molar-refractivity contribution in [2.75, 3.05) is 13.1 Å². The molecule has 0 unspecified atom stereocenters. The van der Waals surface area contributed by atoms with Gasteiger partial charge in [-0.2, -0.15) is 5.10 Å². The highest BCUT2D eigenvalue weighted by Crippen LogP contribution is 2.26. The van der Waals surface area contributed by atoms with Crippen LogP contribution in [0.3, 0.4) is 0 Å². The number of benzene rings is 1. The van der Waals surface area contributed by atoms with E-state index in [1.807, 2.05) is 12.3 Å². The third kappa shape index (κ3) is 3.17. The van der Waals surface area contributed by atoms with Gasteiger partial charge in [-0.15, -0.1) is 0 Å². The first-order valence-electron chi connectivity index (χ1n) is 8.46. The largest absolute Gasteiger partial charge is 0.299 e. The summed E-state index contributed by atoms with van der Waals surface area (Å²) in [7, 11) is 0. The fraction of sp³-hybridized carbons (Fsp3) is 0.368. The van der Waals surface area contributed by atoms with E-state index in [1.165, 1.54) is 5.56 Å². The molecular weight excluding hydrogens is 320 g/mol. The molecule has 0 bridgehead atoms. The van der Waals surface area contributed by atoms with E-state index in [1.54, 1.807) is 0 Å². The number of aromatic nitrogens is 3. The molecule has 0 spiro atoms. The van der Waals surface area contributed by atoms with Gasteiger partial charge >= 0.3 is 0 Å². The second-order valence-electron chi connectivity index (χ2n) is 6.63. The predicted octanol–water partition coefficient (Wildman–Crippen LogP) is 4.23. The summed E-state index contributed by atoms with van der Waals surface area (Å²) in [6, 6.07) is 11.0. The van der Waals surface area contributed by atoms with E-state index in [9.17, 15) is 0 Å². The molecule has 3 aromatic rings. The number of rotatable bonds is 3. The van der Waals surface area contributed by atoms with Crippen molar-refractivity contribution < 1.29 is 0 Å². The molecule has 0 saturated carbocycles. The second-order valence-corrected chi connectivity index (χ2v) is 6.99. The van der Waals surface area contributed by atoms with Gasteiger partial charge in [-0.3, -0.25) is 9.58 Å². The molecular formula is C19H21ClN4.